The van der Waals surface area contributed by atoms with Crippen molar-refractivity contribution in [3.05, 3.63) is 24.3 Å². The lowest BCUT2D eigenvalue weighted by molar-refractivity contribution is -0.114. The summed E-state index contributed by atoms with van der Waals surface area (Å²) in [5.74, 6) is 4.74. The highest BCUT2D eigenvalue weighted by molar-refractivity contribution is 7.89. The zero-order valence-corrected chi connectivity index (χ0v) is 12.5. The highest BCUT2D eigenvalue weighted by atomic mass is 32.2. The summed E-state index contributed by atoms with van der Waals surface area (Å²) in [6.45, 7) is 4.73. The van der Waals surface area contributed by atoms with Gasteiger partial charge in [0.1, 0.15) is 0 Å². The lowest BCUT2D eigenvalue weighted by Gasteiger charge is -2.24. The Bertz CT molecular complexity index is 567. The first kappa shape index (κ1) is 16.6. The molecule has 0 heterocycles. The molecule has 0 aliphatic carbocycles. The van der Waals surface area contributed by atoms with Gasteiger partial charge in [-0.2, -0.15) is 0 Å². The van der Waals surface area contributed by atoms with Crippen LogP contribution in [-0.4, -0.2) is 26.5 Å². The maximum Gasteiger partial charge on any atom is 0.241 e. The Morgan fingerprint density at radius 1 is 1.30 bits per heavy atom. The van der Waals surface area contributed by atoms with Crippen molar-refractivity contribution in [1.82, 2.24) is 4.72 Å². The second-order valence-electron chi connectivity index (χ2n) is 5.01. The fourth-order valence-corrected chi connectivity index (χ4v) is 2.98. The molecule has 112 valence electrons. The molecular formula is C12H19N3O4S. The van der Waals surface area contributed by atoms with E-state index in [1.807, 2.05) is 0 Å². The zero-order valence-electron chi connectivity index (χ0n) is 11.6. The van der Waals surface area contributed by atoms with Crippen LogP contribution in [0.25, 0.3) is 0 Å². The smallest absolute Gasteiger partial charge is 0.241 e. The quantitative estimate of drug-likeness (QED) is 0.666. The minimum Gasteiger partial charge on any atom is -0.326 e. The molecule has 0 spiro atoms. The van der Waals surface area contributed by atoms with Gasteiger partial charge in [-0.3, -0.25) is 4.79 Å². The Balaban J connectivity index is 2.90. The molecular weight excluding hydrogens is 282 g/mol. The summed E-state index contributed by atoms with van der Waals surface area (Å²) in [7, 11) is -3.68. The second kappa shape index (κ2) is 6.31. The summed E-state index contributed by atoms with van der Waals surface area (Å²) in [6, 6.07) is 5.85. The molecule has 1 amide bonds. The van der Waals surface area contributed by atoms with Crippen molar-refractivity contribution in [2.24, 2.45) is 5.90 Å². The fraction of sp³-hybridized carbons (Fsp3) is 0.417. The van der Waals surface area contributed by atoms with Crippen LogP contribution in [0.15, 0.2) is 29.2 Å². The lowest BCUT2D eigenvalue weighted by atomic mass is 10.1. The summed E-state index contributed by atoms with van der Waals surface area (Å²) in [4.78, 5) is 15.5. The molecule has 4 N–H and O–H groups in total. The third-order valence-electron chi connectivity index (χ3n) is 2.34. The van der Waals surface area contributed by atoms with Gasteiger partial charge in [0, 0.05) is 12.6 Å². The molecule has 0 radical (unpaired) electrons. The molecule has 0 atom stereocenters. The molecule has 8 heteroatoms. The number of carbonyl (C=O) groups is 1. The van der Waals surface area contributed by atoms with Gasteiger partial charge in [0.15, 0.2) is 0 Å². The number of nitrogens with one attached hydrogen (secondary N) is 2. The second-order valence-corrected chi connectivity index (χ2v) is 6.69. The largest absolute Gasteiger partial charge is 0.326 e. The van der Waals surface area contributed by atoms with Crippen LogP contribution in [0.4, 0.5) is 5.69 Å². The van der Waals surface area contributed by atoms with Gasteiger partial charge in [-0.1, -0.05) is 0 Å². The first-order valence-corrected chi connectivity index (χ1v) is 7.38. The molecule has 0 fully saturated rings. The van der Waals surface area contributed by atoms with E-state index in [1.165, 1.54) is 31.2 Å². The van der Waals surface area contributed by atoms with Gasteiger partial charge in [0.2, 0.25) is 15.9 Å². The number of anilines is 1. The Morgan fingerprint density at radius 2 is 1.85 bits per heavy atom. The molecule has 0 unspecified atom stereocenters. The van der Waals surface area contributed by atoms with E-state index in [1.54, 1.807) is 13.8 Å². The summed E-state index contributed by atoms with van der Waals surface area (Å²) in [5, 5.41) is 2.56. The van der Waals surface area contributed by atoms with Crippen LogP contribution in [0, 0.1) is 0 Å². The Kier molecular flexibility index (Phi) is 5.23. The number of amides is 1. The minimum atomic E-state index is -3.68. The average molecular weight is 301 g/mol. The topological polar surface area (TPSA) is 111 Å². The number of benzene rings is 1. The molecule has 0 saturated heterocycles. The van der Waals surface area contributed by atoms with E-state index >= 15 is 0 Å². The van der Waals surface area contributed by atoms with E-state index < -0.39 is 15.6 Å². The average Bonchev–Trinajstić information content (AvgIpc) is 2.27. The van der Waals surface area contributed by atoms with E-state index in [2.05, 4.69) is 14.9 Å². The van der Waals surface area contributed by atoms with Gasteiger partial charge in [-0.25, -0.2) is 19.0 Å². The Labute approximate surface area is 118 Å². The van der Waals surface area contributed by atoms with Gasteiger partial charge in [-0.05, 0) is 38.1 Å². The van der Waals surface area contributed by atoms with E-state index in [4.69, 9.17) is 5.90 Å². The predicted octanol–water partition coefficient (Wildman–Crippen LogP) is 0.592. The standard InChI is InChI=1S/C12H19N3O4S/c1-9(16)14-10-4-6-11(7-5-10)20(17,18)15-12(2,3)8-19-13/h4-7,15H,8,13H2,1-3H3,(H,14,16). The number of sulfonamides is 1. The first-order chi connectivity index (χ1) is 9.16. The van der Waals surface area contributed by atoms with Crippen molar-refractivity contribution in [2.75, 3.05) is 11.9 Å². The molecule has 0 aliphatic heterocycles. The molecule has 1 rings (SSSR count). The van der Waals surface area contributed by atoms with Crippen LogP contribution in [0.5, 0.6) is 0 Å². The van der Waals surface area contributed by atoms with E-state index in [0.29, 0.717) is 5.69 Å². The molecule has 20 heavy (non-hydrogen) atoms. The highest BCUT2D eigenvalue weighted by Gasteiger charge is 2.26. The van der Waals surface area contributed by atoms with Gasteiger partial charge >= 0.3 is 0 Å². The number of carbonyl (C=O) groups excluding carboxylic acids is 1. The maximum atomic E-state index is 12.2. The predicted molar refractivity (Wildman–Crippen MR) is 75.3 cm³/mol. The maximum absolute atomic E-state index is 12.2. The number of hydrogen-bond donors (Lipinski definition) is 3. The van der Waals surface area contributed by atoms with Gasteiger partial charge in [-0.15, -0.1) is 0 Å². The SMILES string of the molecule is CC(=O)Nc1ccc(S(=O)(=O)NC(C)(C)CON)cc1. The summed E-state index contributed by atoms with van der Waals surface area (Å²) < 4.78 is 26.8. The normalized spacial score (nSPS) is 12.2. The van der Waals surface area contributed by atoms with Gasteiger partial charge in [0.25, 0.3) is 0 Å². The minimum absolute atomic E-state index is 0.0379. The Hall–Kier alpha value is -1.48. The summed E-state index contributed by atoms with van der Waals surface area (Å²) >= 11 is 0. The molecule has 1 aromatic carbocycles. The molecule has 7 nitrogen and oxygen atoms in total. The fourth-order valence-electron chi connectivity index (χ4n) is 1.58. The lowest BCUT2D eigenvalue weighted by Crippen LogP contribution is -2.47. The van der Waals surface area contributed by atoms with Crippen molar-refractivity contribution >= 4 is 21.6 Å². The van der Waals surface area contributed by atoms with Crippen LogP contribution in [0.3, 0.4) is 0 Å². The summed E-state index contributed by atoms with van der Waals surface area (Å²) in [5.41, 5.74) is -0.301. The monoisotopic (exact) mass is 301 g/mol. The number of rotatable bonds is 6. The van der Waals surface area contributed by atoms with Crippen molar-refractivity contribution in [3.8, 4) is 0 Å². The Morgan fingerprint density at radius 3 is 2.30 bits per heavy atom. The third kappa shape index (κ3) is 4.89. The number of hydrogen-bond acceptors (Lipinski definition) is 5. The zero-order chi connectivity index (χ0) is 15.4. The van der Waals surface area contributed by atoms with Crippen LogP contribution in [0.2, 0.25) is 0 Å². The van der Waals surface area contributed by atoms with Gasteiger partial charge in [0.05, 0.1) is 17.0 Å². The van der Waals surface area contributed by atoms with Crippen molar-refractivity contribution in [3.63, 3.8) is 0 Å². The van der Waals surface area contributed by atoms with Crippen molar-refractivity contribution < 1.29 is 18.0 Å². The molecule has 1 aromatic rings. The highest BCUT2D eigenvalue weighted by Crippen LogP contribution is 2.16. The molecule has 0 saturated carbocycles. The van der Waals surface area contributed by atoms with E-state index in [0.717, 1.165) is 0 Å². The van der Waals surface area contributed by atoms with E-state index in [-0.39, 0.29) is 17.4 Å². The van der Waals surface area contributed by atoms with Crippen molar-refractivity contribution in [2.45, 2.75) is 31.2 Å². The molecule has 0 bridgehead atoms. The van der Waals surface area contributed by atoms with Crippen LogP contribution >= 0.6 is 0 Å². The number of nitrogens with two attached hydrogens (primary N) is 1. The molecule has 0 aliphatic rings. The van der Waals surface area contributed by atoms with Crippen LogP contribution in [0.1, 0.15) is 20.8 Å². The molecule has 0 aromatic heterocycles. The van der Waals surface area contributed by atoms with Crippen LogP contribution < -0.4 is 15.9 Å². The van der Waals surface area contributed by atoms with Crippen LogP contribution in [-0.2, 0) is 19.7 Å². The summed E-state index contributed by atoms with van der Waals surface area (Å²) in [6.07, 6.45) is 0. The first-order valence-electron chi connectivity index (χ1n) is 5.90. The van der Waals surface area contributed by atoms with Gasteiger partial charge < -0.3 is 10.2 Å². The third-order valence-corrected chi connectivity index (χ3v) is 4.05. The van der Waals surface area contributed by atoms with Crippen molar-refractivity contribution in [1.29, 1.82) is 0 Å². The van der Waals surface area contributed by atoms with E-state index in [9.17, 15) is 13.2 Å².